The largest absolute Gasteiger partial charge is 0.322 e. The lowest BCUT2D eigenvalue weighted by molar-refractivity contribution is 0.102. The van der Waals surface area contributed by atoms with Crippen molar-refractivity contribution >= 4 is 38.9 Å². The minimum Gasteiger partial charge on any atom is -0.322 e. The molecule has 0 unspecified atom stereocenters. The Labute approximate surface area is 223 Å². The summed E-state index contributed by atoms with van der Waals surface area (Å²) in [4.78, 5) is 25.9. The standard InChI is InChI=1S/C30H29N3O4S/c1-30(2,3)22-18-16-21(17-19-22)28(34)31-23-10-9-11-24(20-23)32-29(35)26-14-7-8-15-27(26)33-38(36,37)25-12-5-4-6-13-25/h4-20,33H,1-3H3,(H,31,34)(H,32,35). The minimum absolute atomic E-state index is 0.0125. The van der Waals surface area contributed by atoms with Crippen molar-refractivity contribution in [1.82, 2.24) is 0 Å². The smallest absolute Gasteiger partial charge is 0.261 e. The first-order valence-corrected chi connectivity index (χ1v) is 13.5. The zero-order valence-electron chi connectivity index (χ0n) is 21.4. The second kappa shape index (κ2) is 10.9. The topological polar surface area (TPSA) is 104 Å². The summed E-state index contributed by atoms with van der Waals surface area (Å²) < 4.78 is 28.1. The van der Waals surface area contributed by atoms with E-state index in [2.05, 4.69) is 36.1 Å². The lowest BCUT2D eigenvalue weighted by Crippen LogP contribution is -2.18. The van der Waals surface area contributed by atoms with Gasteiger partial charge in [0.1, 0.15) is 0 Å². The average Bonchev–Trinajstić information content (AvgIpc) is 2.89. The molecular weight excluding hydrogens is 498 g/mol. The molecule has 0 fully saturated rings. The summed E-state index contributed by atoms with van der Waals surface area (Å²) in [5.41, 5.74) is 2.89. The fraction of sp³-hybridized carbons (Fsp3) is 0.133. The normalized spacial score (nSPS) is 11.4. The molecule has 8 heteroatoms. The van der Waals surface area contributed by atoms with Gasteiger partial charge in [-0.15, -0.1) is 0 Å². The van der Waals surface area contributed by atoms with Crippen LogP contribution in [0.5, 0.6) is 0 Å². The van der Waals surface area contributed by atoms with E-state index >= 15 is 0 Å². The van der Waals surface area contributed by atoms with Crippen LogP contribution in [-0.2, 0) is 15.4 Å². The Balaban J connectivity index is 1.47. The van der Waals surface area contributed by atoms with Gasteiger partial charge in [0.05, 0.1) is 16.1 Å². The van der Waals surface area contributed by atoms with E-state index in [1.807, 2.05) is 12.1 Å². The van der Waals surface area contributed by atoms with Crippen molar-refractivity contribution in [3.8, 4) is 0 Å². The van der Waals surface area contributed by atoms with Crippen LogP contribution < -0.4 is 15.4 Å². The van der Waals surface area contributed by atoms with Crippen LogP contribution in [0.3, 0.4) is 0 Å². The van der Waals surface area contributed by atoms with Crippen LogP contribution in [-0.4, -0.2) is 20.2 Å². The molecule has 0 radical (unpaired) electrons. The van der Waals surface area contributed by atoms with Crippen molar-refractivity contribution in [1.29, 1.82) is 0 Å². The number of carbonyl (C=O) groups is 2. The van der Waals surface area contributed by atoms with E-state index in [4.69, 9.17) is 0 Å². The average molecular weight is 528 g/mol. The second-order valence-corrected chi connectivity index (χ2v) is 11.5. The summed E-state index contributed by atoms with van der Waals surface area (Å²) in [6.07, 6.45) is 0. The van der Waals surface area contributed by atoms with E-state index in [1.165, 1.54) is 24.3 Å². The number of rotatable bonds is 7. The van der Waals surface area contributed by atoms with Gasteiger partial charge in [0.15, 0.2) is 0 Å². The minimum atomic E-state index is -3.88. The highest BCUT2D eigenvalue weighted by Gasteiger charge is 2.19. The number of sulfonamides is 1. The Bertz CT molecular complexity index is 1560. The van der Waals surface area contributed by atoms with Gasteiger partial charge >= 0.3 is 0 Å². The van der Waals surface area contributed by atoms with E-state index < -0.39 is 15.9 Å². The molecule has 0 saturated carbocycles. The molecule has 0 spiro atoms. The van der Waals surface area contributed by atoms with Crippen molar-refractivity contribution in [2.24, 2.45) is 0 Å². The summed E-state index contributed by atoms with van der Waals surface area (Å²) in [6, 6.07) is 28.5. The second-order valence-electron chi connectivity index (χ2n) is 9.78. The number of anilines is 3. The molecule has 0 heterocycles. The molecule has 2 amide bonds. The Kier molecular flexibility index (Phi) is 7.64. The molecule has 4 rings (SSSR count). The number of benzene rings is 4. The molecule has 0 aliphatic rings. The van der Waals surface area contributed by atoms with E-state index in [0.717, 1.165) is 5.56 Å². The van der Waals surface area contributed by atoms with E-state index in [-0.39, 0.29) is 27.5 Å². The van der Waals surface area contributed by atoms with Gasteiger partial charge in [-0.25, -0.2) is 8.42 Å². The van der Waals surface area contributed by atoms with Crippen LogP contribution in [0.1, 0.15) is 47.1 Å². The molecule has 0 atom stereocenters. The predicted octanol–water partition coefficient (Wildman–Crippen LogP) is 6.29. The number of hydrogen-bond acceptors (Lipinski definition) is 4. The van der Waals surface area contributed by atoms with Crippen molar-refractivity contribution in [2.75, 3.05) is 15.4 Å². The zero-order valence-corrected chi connectivity index (χ0v) is 22.2. The Morgan fingerprint density at radius 2 is 1.24 bits per heavy atom. The van der Waals surface area contributed by atoms with E-state index in [0.29, 0.717) is 16.9 Å². The van der Waals surface area contributed by atoms with E-state index in [9.17, 15) is 18.0 Å². The van der Waals surface area contributed by atoms with Crippen LogP contribution >= 0.6 is 0 Å². The van der Waals surface area contributed by atoms with Crippen LogP contribution in [0.25, 0.3) is 0 Å². The van der Waals surface area contributed by atoms with Crippen molar-refractivity contribution in [2.45, 2.75) is 31.1 Å². The van der Waals surface area contributed by atoms with Crippen LogP contribution in [0, 0.1) is 0 Å². The van der Waals surface area contributed by atoms with Crippen LogP contribution in [0.4, 0.5) is 17.1 Å². The summed E-state index contributed by atoms with van der Waals surface area (Å²) in [7, 11) is -3.88. The van der Waals surface area contributed by atoms with Gasteiger partial charge in [0.2, 0.25) is 0 Å². The van der Waals surface area contributed by atoms with Crippen molar-refractivity contribution in [3.63, 3.8) is 0 Å². The molecule has 7 nitrogen and oxygen atoms in total. The summed E-state index contributed by atoms with van der Waals surface area (Å²) in [6.45, 7) is 6.33. The Morgan fingerprint density at radius 3 is 1.87 bits per heavy atom. The molecule has 194 valence electrons. The van der Waals surface area contributed by atoms with Gasteiger partial charge in [-0.3, -0.25) is 14.3 Å². The number of para-hydroxylation sites is 1. The monoisotopic (exact) mass is 527 g/mol. The van der Waals surface area contributed by atoms with Crippen LogP contribution in [0.15, 0.2) is 108 Å². The molecular formula is C30H29N3O4S. The molecule has 0 aromatic heterocycles. The molecule has 3 N–H and O–H groups in total. The zero-order chi connectivity index (χ0) is 27.3. The highest BCUT2D eigenvalue weighted by atomic mass is 32.2. The van der Waals surface area contributed by atoms with Gasteiger partial charge in [-0.2, -0.15) is 0 Å². The summed E-state index contributed by atoms with van der Waals surface area (Å²) in [5, 5.41) is 5.63. The SMILES string of the molecule is CC(C)(C)c1ccc(C(=O)Nc2cccc(NC(=O)c3ccccc3NS(=O)(=O)c3ccccc3)c2)cc1. The Morgan fingerprint density at radius 1 is 0.658 bits per heavy atom. The number of nitrogens with one attached hydrogen (secondary N) is 3. The molecule has 0 aliphatic heterocycles. The lowest BCUT2D eigenvalue weighted by atomic mass is 9.87. The summed E-state index contributed by atoms with van der Waals surface area (Å²) >= 11 is 0. The Hall–Kier alpha value is -4.43. The molecule has 4 aromatic carbocycles. The predicted molar refractivity (Wildman–Crippen MR) is 151 cm³/mol. The molecule has 4 aromatic rings. The van der Waals surface area contributed by atoms with Gasteiger partial charge < -0.3 is 10.6 Å². The summed E-state index contributed by atoms with van der Waals surface area (Å²) in [5.74, 6) is -0.771. The third-order valence-electron chi connectivity index (χ3n) is 5.86. The van der Waals surface area contributed by atoms with Gasteiger partial charge in [0.25, 0.3) is 21.8 Å². The lowest BCUT2D eigenvalue weighted by Gasteiger charge is -2.19. The quantitative estimate of drug-likeness (QED) is 0.263. The highest BCUT2D eigenvalue weighted by molar-refractivity contribution is 7.92. The first-order chi connectivity index (χ1) is 18.0. The number of carbonyl (C=O) groups excluding carboxylic acids is 2. The fourth-order valence-electron chi connectivity index (χ4n) is 3.77. The third-order valence-corrected chi connectivity index (χ3v) is 7.24. The van der Waals surface area contributed by atoms with Crippen molar-refractivity contribution in [3.05, 3.63) is 120 Å². The first-order valence-electron chi connectivity index (χ1n) is 12.0. The highest BCUT2D eigenvalue weighted by Crippen LogP contribution is 2.24. The first kappa shape index (κ1) is 26.6. The third kappa shape index (κ3) is 6.46. The molecule has 38 heavy (non-hydrogen) atoms. The molecule has 0 bridgehead atoms. The van der Waals surface area contributed by atoms with Crippen LogP contribution in [0.2, 0.25) is 0 Å². The maximum absolute atomic E-state index is 13.1. The van der Waals surface area contributed by atoms with Crippen molar-refractivity contribution < 1.29 is 18.0 Å². The van der Waals surface area contributed by atoms with Gasteiger partial charge in [0, 0.05) is 16.9 Å². The van der Waals surface area contributed by atoms with Gasteiger partial charge in [-0.05, 0) is 65.6 Å². The molecule has 0 saturated heterocycles. The maximum Gasteiger partial charge on any atom is 0.261 e. The number of amides is 2. The maximum atomic E-state index is 13.1. The molecule has 0 aliphatic carbocycles. The van der Waals surface area contributed by atoms with Gasteiger partial charge in [-0.1, -0.05) is 69.3 Å². The fourth-order valence-corrected chi connectivity index (χ4v) is 4.87. The number of hydrogen-bond donors (Lipinski definition) is 3. The van der Waals surface area contributed by atoms with E-state index in [1.54, 1.807) is 66.7 Å².